The van der Waals surface area contributed by atoms with E-state index in [9.17, 15) is 0 Å². The molecule has 0 amide bonds. The lowest BCUT2D eigenvalue weighted by atomic mass is 9.91. The van der Waals surface area contributed by atoms with Gasteiger partial charge in [0.25, 0.3) is 0 Å². The summed E-state index contributed by atoms with van der Waals surface area (Å²) in [5.41, 5.74) is 16.3. The summed E-state index contributed by atoms with van der Waals surface area (Å²) in [5, 5.41) is 3.66. The number of hydrogen-bond acceptors (Lipinski definition) is 2. The summed E-state index contributed by atoms with van der Waals surface area (Å²) in [6.07, 6.45) is 5.35. The molecule has 0 saturated carbocycles. The largest absolute Gasteiger partial charge is 0.458 e. The van der Waals surface area contributed by atoms with Crippen molar-refractivity contribution in [2.45, 2.75) is 12.5 Å². The van der Waals surface area contributed by atoms with E-state index >= 15 is 0 Å². The zero-order chi connectivity index (χ0) is 39.8. The molecule has 11 rings (SSSR count). The van der Waals surface area contributed by atoms with Crippen LogP contribution < -0.4 is 4.90 Å². The number of fused-ring (bicyclic) bond motifs is 4. The molecule has 10 aromatic rings. The van der Waals surface area contributed by atoms with Crippen LogP contribution in [0.15, 0.2) is 229 Å². The van der Waals surface area contributed by atoms with Gasteiger partial charge in [-0.15, -0.1) is 0 Å². The summed E-state index contributed by atoms with van der Waals surface area (Å²) in [6.45, 7) is 0. The van der Waals surface area contributed by atoms with E-state index in [0.29, 0.717) is 0 Å². The number of para-hydroxylation sites is 2. The predicted molar refractivity (Wildman–Crippen MR) is 252 cm³/mol. The Hall–Kier alpha value is -7.68. The van der Waals surface area contributed by atoms with Crippen molar-refractivity contribution in [1.82, 2.24) is 0 Å². The van der Waals surface area contributed by atoms with Crippen molar-refractivity contribution in [3.63, 3.8) is 0 Å². The van der Waals surface area contributed by atoms with Crippen LogP contribution in [0, 0.1) is 0 Å². The molecule has 284 valence electrons. The zero-order valence-electron chi connectivity index (χ0n) is 33.1. The van der Waals surface area contributed by atoms with Gasteiger partial charge < -0.3 is 9.32 Å². The molecule has 60 heavy (non-hydrogen) atoms. The number of rotatable bonds is 8. The summed E-state index contributed by atoms with van der Waals surface area (Å²) >= 11 is 0. The van der Waals surface area contributed by atoms with Gasteiger partial charge in [0.2, 0.25) is 0 Å². The first-order valence-electron chi connectivity index (χ1n) is 20.8. The third-order valence-electron chi connectivity index (χ3n) is 12.0. The fourth-order valence-electron chi connectivity index (χ4n) is 9.05. The summed E-state index contributed by atoms with van der Waals surface area (Å²) in [6, 6.07) is 78.8. The minimum Gasteiger partial charge on any atom is -0.458 e. The Bertz CT molecular complexity index is 3170. The van der Waals surface area contributed by atoms with Crippen LogP contribution in [0.3, 0.4) is 0 Å². The van der Waals surface area contributed by atoms with Gasteiger partial charge in [0.15, 0.2) is 0 Å². The summed E-state index contributed by atoms with van der Waals surface area (Å²) in [7, 11) is 0. The standard InChI is InChI=1S/C58H41NO/c1-2-15-44(16-3-1)50-20-6-7-21-51(50)52-22-8-10-25-55(52)59(56-26-13-24-54-53-23-9-11-27-57(53)60-58(54)56)49-36-34-42(35-37-49)41-28-30-43(31-29-41)46-18-12-19-47(38-46)48-33-32-40-14-4-5-17-45(40)39-48/h1-25,27-39,56H,26H2. The van der Waals surface area contributed by atoms with Gasteiger partial charge in [-0.05, 0) is 104 Å². The van der Waals surface area contributed by atoms with Crippen molar-refractivity contribution >= 4 is 39.2 Å². The Morgan fingerprint density at radius 2 is 0.967 bits per heavy atom. The number of furan rings is 1. The molecule has 2 nitrogen and oxygen atoms in total. The highest BCUT2D eigenvalue weighted by Crippen LogP contribution is 2.48. The maximum atomic E-state index is 6.76. The molecule has 1 heterocycles. The first-order valence-corrected chi connectivity index (χ1v) is 20.8. The quantitative estimate of drug-likeness (QED) is 0.153. The molecule has 0 fully saturated rings. The van der Waals surface area contributed by atoms with Gasteiger partial charge in [0, 0.05) is 27.9 Å². The van der Waals surface area contributed by atoms with Crippen LogP contribution in [0.2, 0.25) is 0 Å². The Balaban J connectivity index is 0.964. The molecular weight excluding hydrogens is 727 g/mol. The van der Waals surface area contributed by atoms with Gasteiger partial charge in [-0.2, -0.15) is 0 Å². The highest BCUT2D eigenvalue weighted by Gasteiger charge is 2.32. The molecule has 1 aromatic heterocycles. The molecule has 0 saturated heterocycles. The molecule has 0 aliphatic heterocycles. The van der Waals surface area contributed by atoms with Crippen molar-refractivity contribution in [3.05, 3.63) is 236 Å². The molecule has 1 atom stereocenters. The minimum atomic E-state index is -0.0575. The van der Waals surface area contributed by atoms with Crippen molar-refractivity contribution in [2.75, 3.05) is 4.90 Å². The predicted octanol–water partition coefficient (Wildman–Crippen LogP) is 16.2. The maximum Gasteiger partial charge on any atom is 0.135 e. The number of nitrogens with zero attached hydrogens (tertiary/aromatic N) is 1. The summed E-state index contributed by atoms with van der Waals surface area (Å²) in [5.74, 6) is 0.995. The lowest BCUT2D eigenvalue weighted by molar-refractivity contribution is 0.489. The molecule has 0 bridgehead atoms. The van der Waals surface area contributed by atoms with Crippen LogP contribution in [-0.2, 0) is 0 Å². The average Bonchev–Trinajstić information content (AvgIpc) is 3.72. The van der Waals surface area contributed by atoms with E-state index in [1.807, 2.05) is 0 Å². The van der Waals surface area contributed by atoms with Crippen LogP contribution in [0.25, 0.3) is 83.5 Å². The molecular formula is C58H41NO. The minimum absolute atomic E-state index is 0.0575. The van der Waals surface area contributed by atoms with E-state index < -0.39 is 0 Å². The second-order valence-electron chi connectivity index (χ2n) is 15.6. The van der Waals surface area contributed by atoms with E-state index in [2.05, 4.69) is 235 Å². The highest BCUT2D eigenvalue weighted by molar-refractivity contribution is 5.94. The van der Waals surface area contributed by atoms with E-state index in [1.165, 1.54) is 66.4 Å². The first-order chi connectivity index (χ1) is 29.7. The fourth-order valence-corrected chi connectivity index (χ4v) is 9.05. The van der Waals surface area contributed by atoms with Gasteiger partial charge in [-0.1, -0.05) is 194 Å². The van der Waals surface area contributed by atoms with Crippen LogP contribution in [0.1, 0.15) is 23.8 Å². The van der Waals surface area contributed by atoms with Gasteiger partial charge in [-0.25, -0.2) is 0 Å². The summed E-state index contributed by atoms with van der Waals surface area (Å²) < 4.78 is 6.76. The number of hydrogen-bond donors (Lipinski definition) is 0. The van der Waals surface area contributed by atoms with Crippen LogP contribution in [-0.4, -0.2) is 0 Å². The van der Waals surface area contributed by atoms with Crippen LogP contribution >= 0.6 is 0 Å². The van der Waals surface area contributed by atoms with Crippen molar-refractivity contribution in [3.8, 4) is 55.6 Å². The van der Waals surface area contributed by atoms with Crippen molar-refractivity contribution in [1.29, 1.82) is 0 Å². The zero-order valence-corrected chi connectivity index (χ0v) is 33.1. The van der Waals surface area contributed by atoms with E-state index in [-0.39, 0.29) is 6.04 Å². The molecule has 1 aliphatic rings. The third-order valence-corrected chi connectivity index (χ3v) is 12.0. The molecule has 2 heteroatoms. The van der Waals surface area contributed by atoms with Crippen molar-refractivity contribution < 1.29 is 4.42 Å². The molecule has 1 aliphatic carbocycles. The third kappa shape index (κ3) is 6.49. The van der Waals surface area contributed by atoms with Crippen LogP contribution in [0.4, 0.5) is 11.4 Å². The van der Waals surface area contributed by atoms with Crippen molar-refractivity contribution in [2.24, 2.45) is 0 Å². The van der Waals surface area contributed by atoms with E-state index in [1.54, 1.807) is 0 Å². The van der Waals surface area contributed by atoms with Crippen LogP contribution in [0.5, 0.6) is 0 Å². The fraction of sp³-hybridized carbons (Fsp3) is 0.0345. The Morgan fingerprint density at radius 1 is 0.400 bits per heavy atom. The topological polar surface area (TPSA) is 16.4 Å². The lowest BCUT2D eigenvalue weighted by Crippen LogP contribution is -2.25. The first kappa shape index (κ1) is 35.5. The molecule has 9 aromatic carbocycles. The Labute approximate surface area is 351 Å². The van der Waals surface area contributed by atoms with Gasteiger partial charge >= 0.3 is 0 Å². The number of benzene rings is 9. The molecule has 0 N–H and O–H groups in total. The second-order valence-corrected chi connectivity index (χ2v) is 15.6. The molecule has 1 unspecified atom stereocenters. The Kier molecular flexibility index (Phi) is 9.02. The van der Waals surface area contributed by atoms with Gasteiger partial charge in [-0.3, -0.25) is 0 Å². The number of anilines is 2. The molecule has 0 radical (unpaired) electrons. The highest BCUT2D eigenvalue weighted by atomic mass is 16.3. The lowest BCUT2D eigenvalue weighted by Gasteiger charge is -2.35. The average molecular weight is 768 g/mol. The Morgan fingerprint density at radius 3 is 1.77 bits per heavy atom. The monoisotopic (exact) mass is 767 g/mol. The van der Waals surface area contributed by atoms with E-state index in [0.717, 1.165) is 40.1 Å². The smallest absolute Gasteiger partial charge is 0.135 e. The van der Waals surface area contributed by atoms with E-state index in [4.69, 9.17) is 4.42 Å². The molecule has 0 spiro atoms. The SMILES string of the molecule is C1=Cc2c(oc3ccccc23)C(N(c2ccc(-c3ccc(-c4cccc(-c5ccc6ccccc6c5)c4)cc3)cc2)c2ccccc2-c2ccccc2-c2ccccc2)C1. The maximum absolute atomic E-state index is 6.76. The van der Waals surface area contributed by atoms with Gasteiger partial charge in [0.05, 0.1) is 6.04 Å². The van der Waals surface area contributed by atoms with Gasteiger partial charge in [0.1, 0.15) is 11.3 Å². The summed E-state index contributed by atoms with van der Waals surface area (Å²) in [4.78, 5) is 2.50. The normalized spacial score (nSPS) is 13.4. The second kappa shape index (κ2) is 15.2.